The van der Waals surface area contributed by atoms with Crippen molar-refractivity contribution in [3.63, 3.8) is 0 Å². The van der Waals surface area contributed by atoms with Gasteiger partial charge in [-0.1, -0.05) is 72.8 Å². The zero-order valence-corrected chi connectivity index (χ0v) is 50.4. The Bertz CT molecular complexity index is 3550. The van der Waals surface area contributed by atoms with Crippen LogP contribution in [0.4, 0.5) is 0 Å². The summed E-state index contributed by atoms with van der Waals surface area (Å²) in [5.74, 6) is -0.563. The number of aryl methyl sites for hydroxylation is 2. The van der Waals surface area contributed by atoms with Gasteiger partial charge in [0.05, 0.1) is 64.9 Å². The maximum atomic E-state index is 15.8. The average Bonchev–Trinajstić information content (AvgIpc) is 1.83. The number of nitrogens with one attached hydrogen (secondary N) is 1. The molecule has 0 aliphatic carbocycles. The zero-order chi connectivity index (χ0) is 61.2. The molecule has 6 aromatic rings. The van der Waals surface area contributed by atoms with Crippen molar-refractivity contribution in [2.45, 2.75) is 122 Å². The molecule has 452 valence electrons. The van der Waals surface area contributed by atoms with Crippen LogP contribution in [0.15, 0.2) is 141 Å². The van der Waals surface area contributed by atoms with E-state index in [1.165, 1.54) is 42.9 Å². The molecule has 4 heterocycles. The van der Waals surface area contributed by atoms with Crippen molar-refractivity contribution in [1.29, 1.82) is 5.26 Å². The summed E-state index contributed by atoms with van der Waals surface area (Å²) in [4.78, 5) is 83.2. The number of aromatic amines is 1. The molecule has 85 heavy (non-hydrogen) atoms. The predicted molar refractivity (Wildman–Crippen MR) is 314 cm³/mol. The fraction of sp³-hybridized carbons (Fsp3) is 0.417. The number of methoxy groups -OCH3 is 2. The molecule has 2 saturated heterocycles. The molecular weight excluding hydrogens is 1140 g/mol. The lowest BCUT2D eigenvalue weighted by Gasteiger charge is -2.37. The lowest BCUT2D eigenvalue weighted by Crippen LogP contribution is -2.45. The first-order chi connectivity index (χ1) is 40.7. The molecular formula is C60H71N7O16P2. The molecule has 0 spiro atoms. The molecule has 23 nitrogen and oxygen atoms in total. The molecule has 8 rings (SSSR count). The minimum Gasteiger partial charge on any atom is -0.497 e. The molecule has 8 atom stereocenters. The van der Waals surface area contributed by atoms with Crippen LogP contribution < -0.4 is 37.7 Å². The molecule has 2 fully saturated rings. The number of hydrogen-bond donors (Lipinski definition) is 2. The number of H-pyrrole nitrogens is 1. The highest BCUT2D eigenvalue weighted by Crippen LogP contribution is 2.55. The van der Waals surface area contributed by atoms with Gasteiger partial charge in [0.15, 0.2) is 0 Å². The van der Waals surface area contributed by atoms with Crippen molar-refractivity contribution >= 4 is 27.9 Å². The number of rotatable bonds is 27. The first kappa shape index (κ1) is 63.8. The van der Waals surface area contributed by atoms with Gasteiger partial charge in [0.2, 0.25) is 5.91 Å². The minimum atomic E-state index is -4.61. The summed E-state index contributed by atoms with van der Waals surface area (Å²) in [5.41, 5.74) is 3.38. The summed E-state index contributed by atoms with van der Waals surface area (Å²) in [6.07, 6.45) is -5.58. The summed E-state index contributed by atoms with van der Waals surface area (Å²) in [5, 5.41) is 9.45. The normalized spacial score (nSPS) is 19.9. The summed E-state index contributed by atoms with van der Waals surface area (Å²) < 4.78 is 78.5. The van der Waals surface area contributed by atoms with Crippen molar-refractivity contribution in [3.05, 3.63) is 197 Å². The fourth-order valence-corrected chi connectivity index (χ4v) is 13.9. The van der Waals surface area contributed by atoms with Gasteiger partial charge < -0.3 is 47.5 Å². The minimum absolute atomic E-state index is 0.00252. The third kappa shape index (κ3) is 14.7. The van der Waals surface area contributed by atoms with E-state index in [0.29, 0.717) is 32.8 Å². The van der Waals surface area contributed by atoms with E-state index in [1.54, 1.807) is 56.7 Å². The van der Waals surface area contributed by atoms with Gasteiger partial charge in [0.1, 0.15) is 41.8 Å². The fourth-order valence-electron chi connectivity index (χ4n) is 10.3. The molecule has 3 N–H and O–H groups in total. The summed E-state index contributed by atoms with van der Waals surface area (Å²) in [6.45, 7) is 9.98. The standard InChI is InChI=1S/C60H71N7O16P2/c1-38(2)67(39(3)4)84(78-30-15-29-61)82-48-32-53(64-34-40(5)55(69)63-58(64)72)81-51(48)37-79-85(74,31-28-52(62)68)83-49-33-54(65-35-41(6)56(70)66(59(65)73)57(71)42-16-11-9-12-17-42)80-50(49)36-77-60(43-18-13-10-14-19-43,44-20-24-46(75-7)25-21-44)45-22-26-47(76-8)27-23-45/h9-14,16-27,34-35,38-39,48-51,53-54H,15,28,30-33,36-37H2,1-8H3,(H2,62,68)(H,63,69,72)/t48-,49-,50+,51+,53+,54+,84?,85?/m0/s1. The molecule has 2 aliphatic heterocycles. The van der Waals surface area contributed by atoms with Gasteiger partial charge in [0.25, 0.3) is 25.6 Å². The smallest absolute Gasteiger partial charge is 0.340 e. The topological polar surface area (TPSA) is 286 Å². The van der Waals surface area contributed by atoms with Gasteiger partial charge in [0, 0.05) is 60.4 Å². The lowest BCUT2D eigenvalue weighted by molar-refractivity contribution is -0.117. The zero-order valence-electron chi connectivity index (χ0n) is 48.6. The van der Waals surface area contributed by atoms with Gasteiger partial charge in [-0.25, -0.2) is 14.3 Å². The van der Waals surface area contributed by atoms with E-state index in [-0.39, 0.29) is 61.3 Å². The van der Waals surface area contributed by atoms with Crippen molar-refractivity contribution in [2.24, 2.45) is 5.73 Å². The van der Waals surface area contributed by atoms with Gasteiger partial charge in [-0.2, -0.15) is 9.83 Å². The van der Waals surface area contributed by atoms with Crippen LogP contribution in [0.5, 0.6) is 11.5 Å². The van der Waals surface area contributed by atoms with Gasteiger partial charge in [-0.3, -0.25) is 37.9 Å². The third-order valence-electron chi connectivity index (χ3n) is 14.5. The lowest BCUT2D eigenvalue weighted by atomic mass is 9.80. The largest absolute Gasteiger partial charge is 0.497 e. The third-order valence-corrected chi connectivity index (χ3v) is 18.6. The van der Waals surface area contributed by atoms with Crippen LogP contribution in [0, 0.1) is 25.2 Å². The molecule has 2 unspecified atom stereocenters. The number of aromatic nitrogens is 4. The Balaban J connectivity index is 1.21. The first-order valence-electron chi connectivity index (χ1n) is 27.7. The van der Waals surface area contributed by atoms with Crippen LogP contribution in [0.3, 0.4) is 0 Å². The molecule has 25 heteroatoms. The van der Waals surface area contributed by atoms with Crippen LogP contribution in [-0.2, 0) is 47.3 Å². The Morgan fingerprint density at radius 1 is 0.776 bits per heavy atom. The maximum absolute atomic E-state index is 15.8. The van der Waals surface area contributed by atoms with Gasteiger partial charge in [-0.05, 0) is 94.6 Å². The molecule has 0 radical (unpaired) electrons. The van der Waals surface area contributed by atoms with Crippen molar-refractivity contribution in [3.8, 4) is 17.6 Å². The van der Waals surface area contributed by atoms with Crippen LogP contribution in [-0.4, -0.2) is 112 Å². The second-order valence-corrected chi connectivity index (χ2v) is 24.6. The van der Waals surface area contributed by atoms with Gasteiger partial charge >= 0.3 is 19.0 Å². The highest BCUT2D eigenvalue weighted by atomic mass is 31.2. The number of nitrogens with two attached hydrogens (primary N) is 1. The Hall–Kier alpha value is -7.19. The number of benzene rings is 4. The molecule has 2 aromatic heterocycles. The molecule has 1 amide bonds. The van der Waals surface area contributed by atoms with Crippen LogP contribution in [0.1, 0.15) is 104 Å². The van der Waals surface area contributed by atoms with E-state index in [2.05, 4.69) is 11.1 Å². The number of nitriles is 1. The Morgan fingerprint density at radius 3 is 1.88 bits per heavy atom. The second-order valence-electron chi connectivity index (χ2n) is 21.0. The number of hydrogen-bond acceptors (Lipinski definition) is 18. The molecule has 2 aliphatic rings. The Morgan fingerprint density at radius 2 is 1.32 bits per heavy atom. The van der Waals surface area contributed by atoms with E-state index in [1.807, 2.05) is 87.0 Å². The SMILES string of the molecule is COc1ccc(C(OC[C@H]2O[C@@H](n3cc(C)c(=O)n(C(=O)c4ccccc4)c3=O)C[C@@H]2OP(=O)(CCC(N)=O)OC[C@H]2O[C@@H](n3cc(C)c(=O)[nH]c3=O)C[C@@H]2OP(OCCC#N)N(C(C)C)C(C)C)(c2ccccc2)c2ccc(OC)cc2)cc1. The Labute approximate surface area is 492 Å². The summed E-state index contributed by atoms with van der Waals surface area (Å²) in [6, 6.07) is 33.7. The van der Waals surface area contributed by atoms with Crippen molar-refractivity contribution in [1.82, 2.24) is 23.4 Å². The number of ether oxygens (including phenoxy) is 5. The second kappa shape index (κ2) is 28.3. The number of primary amides is 1. The molecule has 0 bridgehead atoms. The highest BCUT2D eigenvalue weighted by Gasteiger charge is 2.48. The molecule has 0 saturated carbocycles. The monoisotopic (exact) mass is 1210 g/mol. The number of nitrogens with zero attached hydrogens (tertiary/aromatic N) is 5. The average molecular weight is 1210 g/mol. The summed E-state index contributed by atoms with van der Waals surface area (Å²) in [7, 11) is -3.44. The first-order valence-corrected chi connectivity index (χ1v) is 30.6. The van der Waals surface area contributed by atoms with Crippen LogP contribution in [0.25, 0.3) is 0 Å². The van der Waals surface area contributed by atoms with Crippen LogP contribution >= 0.6 is 16.1 Å². The number of amides is 1. The van der Waals surface area contributed by atoms with Crippen molar-refractivity contribution in [2.75, 3.05) is 40.2 Å². The summed E-state index contributed by atoms with van der Waals surface area (Å²) >= 11 is 0. The predicted octanol–water partition coefficient (Wildman–Crippen LogP) is 7.60. The van der Waals surface area contributed by atoms with E-state index < -0.39 is 112 Å². The quantitative estimate of drug-likeness (QED) is 0.0285. The van der Waals surface area contributed by atoms with Gasteiger partial charge in [-0.15, -0.1) is 0 Å². The number of carbonyl (C=O) groups is 2. The van der Waals surface area contributed by atoms with E-state index in [9.17, 15) is 34.0 Å². The molecule has 4 aromatic carbocycles. The van der Waals surface area contributed by atoms with E-state index in [0.717, 1.165) is 4.57 Å². The van der Waals surface area contributed by atoms with E-state index in [4.69, 9.17) is 47.5 Å². The van der Waals surface area contributed by atoms with E-state index >= 15 is 4.57 Å². The Kier molecular flexibility index (Phi) is 21.3. The van der Waals surface area contributed by atoms with Crippen LogP contribution in [0.2, 0.25) is 0 Å². The maximum Gasteiger partial charge on any atom is 0.340 e. The highest BCUT2D eigenvalue weighted by molar-refractivity contribution is 7.53. The number of carbonyl (C=O) groups excluding carboxylic acids is 2. The van der Waals surface area contributed by atoms with Crippen molar-refractivity contribution < 1.29 is 55.9 Å².